The van der Waals surface area contributed by atoms with Crippen molar-refractivity contribution in [2.75, 3.05) is 4.61 Å². The summed E-state index contributed by atoms with van der Waals surface area (Å²) in [4.78, 5) is 7.83. The van der Waals surface area contributed by atoms with E-state index in [2.05, 4.69) is 18.4 Å². The molecule has 0 saturated carbocycles. The van der Waals surface area contributed by atoms with Crippen molar-refractivity contribution in [1.29, 1.82) is 0 Å². The lowest BCUT2D eigenvalue weighted by Crippen LogP contribution is -1.67. The molecule has 0 radical (unpaired) electrons. The predicted molar refractivity (Wildman–Crippen MR) is 50.4 cm³/mol. The van der Waals surface area contributed by atoms with Crippen LogP contribution >= 0.6 is 30.8 Å². The lowest BCUT2D eigenvalue weighted by molar-refractivity contribution is 0.338. The Morgan fingerprint density at radius 2 is 1.90 bits per heavy atom. The molecule has 3 nitrogen and oxygen atoms in total. The van der Waals surface area contributed by atoms with E-state index in [4.69, 9.17) is 4.89 Å². The largest absolute Gasteiger partial charge is 0.695 e. The number of halogens is 1. The zero-order valence-electron chi connectivity index (χ0n) is 6.21. The second-order valence-electron chi connectivity index (χ2n) is 1.48. The van der Waals surface area contributed by atoms with Crippen LogP contribution in [0.15, 0.2) is 0 Å². The van der Waals surface area contributed by atoms with Gasteiger partial charge < -0.3 is 0 Å². The summed E-state index contributed by atoms with van der Waals surface area (Å²) >= 11 is 1.84. The van der Waals surface area contributed by atoms with E-state index in [0.717, 1.165) is 0 Å². The Morgan fingerprint density at radius 1 is 1.50 bits per heavy atom. The van der Waals surface area contributed by atoms with E-state index in [1.165, 1.54) is 12.8 Å². The van der Waals surface area contributed by atoms with Crippen molar-refractivity contribution >= 4 is 30.8 Å². The minimum Gasteiger partial charge on any atom is -0.133 e. The molecule has 5 heteroatoms. The first-order chi connectivity index (χ1) is 4.68. The van der Waals surface area contributed by atoms with Gasteiger partial charge in [0.05, 0.1) is 0 Å². The molecule has 0 fully saturated rings. The first-order valence-electron chi connectivity index (χ1n) is 3.04. The minimum atomic E-state index is -2.36. The van der Waals surface area contributed by atoms with Gasteiger partial charge in [-0.2, -0.15) is 0 Å². The fourth-order valence-electron chi connectivity index (χ4n) is 0.0417. The van der Waals surface area contributed by atoms with Gasteiger partial charge in [0.25, 0.3) is 0 Å². The molecule has 0 aliphatic carbocycles. The van der Waals surface area contributed by atoms with Crippen molar-refractivity contribution in [3.63, 3.8) is 0 Å². The van der Waals surface area contributed by atoms with Crippen LogP contribution in [-0.2, 0) is 9.09 Å². The maximum atomic E-state index is 9.52. The Balaban J connectivity index is 0. The summed E-state index contributed by atoms with van der Waals surface area (Å²) < 4.78 is 13.9. The van der Waals surface area contributed by atoms with E-state index >= 15 is 0 Å². The normalized spacial score (nSPS) is 9.80. The topological polar surface area (TPSA) is 46.5 Å². The van der Waals surface area contributed by atoms with Gasteiger partial charge in [-0.15, -0.1) is 9.42 Å². The quantitative estimate of drug-likeness (QED) is 0.491. The number of hydrogen-bond acceptors (Lipinski definition) is 2. The van der Waals surface area contributed by atoms with Crippen LogP contribution in [0.1, 0.15) is 26.7 Å². The Hall–Kier alpha value is 0.750. The van der Waals surface area contributed by atoms with Crippen LogP contribution in [0.2, 0.25) is 0 Å². The molecule has 62 valence electrons. The summed E-state index contributed by atoms with van der Waals surface area (Å²) in [7, 11) is -2.36. The van der Waals surface area contributed by atoms with Gasteiger partial charge in [-0.05, 0) is 22.6 Å². The van der Waals surface area contributed by atoms with Crippen LogP contribution in [0.25, 0.3) is 0 Å². The number of rotatable bonds is 3. The number of alkyl halides is 1. The fourth-order valence-corrected chi connectivity index (χ4v) is 0.840. The van der Waals surface area contributed by atoms with E-state index in [1.54, 1.807) is 0 Å². The molecule has 0 aliphatic heterocycles. The van der Waals surface area contributed by atoms with Crippen molar-refractivity contribution in [2.24, 2.45) is 0 Å². The number of hydrogen-bond donors (Lipinski definition) is 1. The van der Waals surface area contributed by atoms with Gasteiger partial charge in [-0.3, -0.25) is 0 Å². The molecule has 0 amide bonds. The maximum Gasteiger partial charge on any atom is 0.695 e. The van der Waals surface area contributed by atoms with Gasteiger partial charge in [-0.25, -0.2) is 0 Å². The summed E-state index contributed by atoms with van der Waals surface area (Å²) in [5.74, 6) is 0. The average Bonchev–Trinajstić information content (AvgIpc) is 1.89. The van der Waals surface area contributed by atoms with E-state index in [0.29, 0.717) is 0 Å². The third-order valence-corrected chi connectivity index (χ3v) is 1.81. The van der Waals surface area contributed by atoms with Crippen molar-refractivity contribution < 1.29 is 14.0 Å². The molecule has 1 atom stereocenters. The lowest BCUT2D eigenvalue weighted by atomic mass is 10.4. The predicted octanol–water partition coefficient (Wildman–Crippen LogP) is 2.85. The first-order valence-corrected chi connectivity index (χ1v) is 5.69. The first kappa shape index (κ1) is 13.3. The van der Waals surface area contributed by atoms with Crippen molar-refractivity contribution in [3.05, 3.63) is 0 Å². The molecule has 0 aromatic carbocycles. The molecular formula is C5H13IO3P+. The molecule has 0 saturated heterocycles. The second kappa shape index (κ2) is 12.4. The Labute approximate surface area is 76.3 Å². The third-order valence-electron chi connectivity index (χ3n) is 0.659. The lowest BCUT2D eigenvalue weighted by Gasteiger charge is -1.68. The zero-order valence-corrected chi connectivity index (χ0v) is 9.26. The monoisotopic (exact) mass is 279 g/mol. The van der Waals surface area contributed by atoms with Crippen molar-refractivity contribution in [3.8, 4) is 0 Å². The molecule has 10 heavy (non-hydrogen) atoms. The van der Waals surface area contributed by atoms with Gasteiger partial charge in [0, 0.05) is 4.57 Å². The molecule has 0 aromatic rings. The second-order valence-corrected chi connectivity index (χ2v) is 2.83. The Morgan fingerprint density at radius 3 is 1.90 bits per heavy atom. The van der Waals surface area contributed by atoms with Gasteiger partial charge >= 0.3 is 8.25 Å². The highest BCUT2D eigenvalue weighted by molar-refractivity contribution is 14.1. The average molecular weight is 279 g/mol. The van der Waals surface area contributed by atoms with Crippen LogP contribution in [-0.4, -0.2) is 9.51 Å². The summed E-state index contributed by atoms with van der Waals surface area (Å²) in [6, 6.07) is 0. The van der Waals surface area contributed by atoms with Crippen LogP contribution in [0.5, 0.6) is 0 Å². The highest BCUT2D eigenvalue weighted by Crippen LogP contribution is 2.14. The van der Waals surface area contributed by atoms with Crippen molar-refractivity contribution in [2.45, 2.75) is 26.7 Å². The van der Waals surface area contributed by atoms with E-state index in [-0.39, 0.29) is 4.61 Å². The van der Waals surface area contributed by atoms with E-state index in [9.17, 15) is 4.57 Å². The van der Waals surface area contributed by atoms with Gasteiger partial charge in [-0.1, -0.05) is 26.7 Å². The molecule has 0 aromatic heterocycles. The Kier molecular flexibility index (Phi) is 16.6. The summed E-state index contributed by atoms with van der Waals surface area (Å²) in [6.07, 6.45) is 2.64. The molecule has 1 unspecified atom stereocenters. The minimum absolute atomic E-state index is 0.267. The third kappa shape index (κ3) is 23.3. The Bertz CT molecular complexity index is 77.3. The molecule has 0 bridgehead atoms. The fraction of sp³-hybridized carbons (Fsp3) is 1.00. The van der Waals surface area contributed by atoms with Crippen LogP contribution in [0, 0.1) is 0 Å². The van der Waals surface area contributed by atoms with Gasteiger partial charge in [0.15, 0.2) is 4.61 Å². The van der Waals surface area contributed by atoms with Crippen LogP contribution in [0.3, 0.4) is 0 Å². The highest BCUT2D eigenvalue weighted by Gasteiger charge is 2.07. The van der Waals surface area contributed by atoms with E-state index in [1.807, 2.05) is 22.6 Å². The summed E-state index contributed by atoms with van der Waals surface area (Å²) in [5, 5.41) is 0. The van der Waals surface area contributed by atoms with Crippen LogP contribution < -0.4 is 0 Å². The van der Waals surface area contributed by atoms with Crippen LogP contribution in [0.4, 0.5) is 0 Å². The zero-order chi connectivity index (χ0) is 8.41. The molecular weight excluding hydrogens is 266 g/mol. The highest BCUT2D eigenvalue weighted by atomic mass is 127. The van der Waals surface area contributed by atoms with Gasteiger partial charge in [0.2, 0.25) is 0 Å². The SMILES string of the molecule is CCCC.O=[P+](O)OCI. The molecule has 0 spiro atoms. The molecule has 1 N–H and O–H groups in total. The molecule has 0 heterocycles. The standard InChI is InChI=1S/C4H10.CH2IO3P/c1-3-4-2;2-1-5-6(3)4/h3-4H2,1-2H3;1H2/p+1. The van der Waals surface area contributed by atoms with Crippen molar-refractivity contribution in [1.82, 2.24) is 0 Å². The molecule has 0 aliphatic rings. The number of unbranched alkanes of at least 4 members (excludes halogenated alkanes) is 1. The summed E-state index contributed by atoms with van der Waals surface area (Å²) in [6.45, 7) is 4.36. The maximum absolute atomic E-state index is 9.52. The van der Waals surface area contributed by atoms with Gasteiger partial charge in [0.1, 0.15) is 0 Å². The summed E-state index contributed by atoms with van der Waals surface area (Å²) in [5.41, 5.74) is 0. The smallest absolute Gasteiger partial charge is 0.133 e. The molecule has 0 rings (SSSR count). The van der Waals surface area contributed by atoms with E-state index < -0.39 is 8.25 Å².